The van der Waals surface area contributed by atoms with Gasteiger partial charge in [0.2, 0.25) is 5.91 Å². The van der Waals surface area contributed by atoms with E-state index in [4.69, 9.17) is 0 Å². The van der Waals surface area contributed by atoms with Crippen molar-refractivity contribution in [2.24, 2.45) is 17.3 Å². The van der Waals surface area contributed by atoms with Crippen LogP contribution in [0.1, 0.15) is 63.6 Å². The lowest BCUT2D eigenvalue weighted by Crippen LogP contribution is -2.56. The minimum absolute atomic E-state index is 0.0257. The fourth-order valence-corrected chi connectivity index (χ4v) is 7.57. The molecule has 0 saturated heterocycles. The number of hydrogen-bond donors (Lipinski definition) is 2. The highest BCUT2D eigenvalue weighted by molar-refractivity contribution is 5.77. The monoisotopic (exact) mass is 421 g/mol. The van der Waals surface area contributed by atoms with Gasteiger partial charge in [-0.15, -0.1) is 10.2 Å². The summed E-state index contributed by atoms with van der Waals surface area (Å²) >= 11 is 0. The smallest absolute Gasteiger partial charge is 0.220 e. The highest BCUT2D eigenvalue weighted by Gasteiger charge is 2.57. The number of aromatic nitrogens is 4. The number of aliphatic hydroxyl groups is 1. The quantitative estimate of drug-likeness (QED) is 0.792. The first kappa shape index (κ1) is 19.4. The topological polar surface area (TPSA) is 92.9 Å². The van der Waals surface area contributed by atoms with Crippen LogP contribution in [-0.4, -0.2) is 42.4 Å². The minimum Gasteiger partial charge on any atom is -0.390 e. The number of amides is 1. The summed E-state index contributed by atoms with van der Waals surface area (Å²) in [6.07, 6.45) is 13.0. The molecule has 3 heterocycles. The number of fused-ring (bicyclic) bond motifs is 1. The normalized spacial score (nSPS) is 36.1. The van der Waals surface area contributed by atoms with Crippen molar-refractivity contribution in [3.05, 3.63) is 30.4 Å². The van der Waals surface area contributed by atoms with Gasteiger partial charge in [0, 0.05) is 43.4 Å². The van der Waals surface area contributed by atoms with Gasteiger partial charge < -0.3 is 15.0 Å². The number of nitrogens with one attached hydrogen (secondary N) is 1. The van der Waals surface area contributed by atoms with E-state index in [9.17, 15) is 9.90 Å². The van der Waals surface area contributed by atoms with E-state index in [1.807, 2.05) is 18.3 Å². The molecule has 0 spiro atoms. The SMILES string of the molecule is O=C(CC12CC3CC(CC(O)(C3)C1)C2)NC1CCc2nnc(-c3cccnc3)n2CC1. The van der Waals surface area contributed by atoms with Gasteiger partial charge in [0.05, 0.1) is 5.60 Å². The molecule has 4 saturated carbocycles. The lowest BCUT2D eigenvalue weighted by Gasteiger charge is -2.60. The van der Waals surface area contributed by atoms with Gasteiger partial charge in [0.15, 0.2) is 5.82 Å². The minimum atomic E-state index is -0.502. The van der Waals surface area contributed by atoms with E-state index < -0.39 is 5.60 Å². The molecule has 4 fully saturated rings. The number of pyridine rings is 1. The average Bonchev–Trinajstić information content (AvgIpc) is 3.01. The van der Waals surface area contributed by atoms with Crippen molar-refractivity contribution in [2.75, 3.05) is 0 Å². The fourth-order valence-electron chi connectivity index (χ4n) is 7.57. The number of carbonyl (C=O) groups is 1. The summed E-state index contributed by atoms with van der Waals surface area (Å²) < 4.78 is 2.18. The maximum Gasteiger partial charge on any atom is 0.220 e. The van der Waals surface area contributed by atoms with Crippen molar-refractivity contribution in [3.8, 4) is 11.4 Å². The number of carbonyl (C=O) groups excluding carboxylic acids is 1. The van der Waals surface area contributed by atoms with E-state index in [2.05, 4.69) is 25.1 Å². The zero-order valence-electron chi connectivity index (χ0n) is 18.0. The first-order valence-electron chi connectivity index (χ1n) is 11.8. The highest BCUT2D eigenvalue weighted by atomic mass is 16.3. The van der Waals surface area contributed by atoms with Crippen LogP contribution in [0.2, 0.25) is 0 Å². The predicted molar refractivity (Wildman–Crippen MR) is 115 cm³/mol. The van der Waals surface area contributed by atoms with Crippen molar-refractivity contribution in [2.45, 2.75) is 82.4 Å². The second kappa shape index (κ2) is 7.12. The molecule has 1 amide bonds. The van der Waals surface area contributed by atoms with E-state index >= 15 is 0 Å². The second-order valence-corrected chi connectivity index (χ2v) is 10.8. The Labute approximate surface area is 182 Å². The second-order valence-electron chi connectivity index (χ2n) is 10.8. The molecule has 3 unspecified atom stereocenters. The summed E-state index contributed by atoms with van der Waals surface area (Å²) in [4.78, 5) is 17.3. The molecule has 3 atom stereocenters. The number of aryl methyl sites for hydroxylation is 1. The van der Waals surface area contributed by atoms with Crippen molar-refractivity contribution in [1.82, 2.24) is 25.1 Å². The van der Waals surface area contributed by atoms with Crippen LogP contribution in [0.15, 0.2) is 24.5 Å². The van der Waals surface area contributed by atoms with Gasteiger partial charge >= 0.3 is 0 Å². The summed E-state index contributed by atoms with van der Waals surface area (Å²) in [5.74, 6) is 3.25. The fraction of sp³-hybridized carbons (Fsp3) is 0.667. The molecular weight excluding hydrogens is 390 g/mol. The van der Waals surface area contributed by atoms with Gasteiger partial charge in [-0.1, -0.05) is 0 Å². The maximum absolute atomic E-state index is 13.1. The van der Waals surface area contributed by atoms with Crippen molar-refractivity contribution in [3.63, 3.8) is 0 Å². The van der Waals surface area contributed by atoms with Crippen LogP contribution >= 0.6 is 0 Å². The summed E-state index contributed by atoms with van der Waals surface area (Å²) in [5, 5.41) is 23.1. The third kappa shape index (κ3) is 3.56. The van der Waals surface area contributed by atoms with Crippen LogP contribution in [0.25, 0.3) is 11.4 Å². The molecule has 2 N–H and O–H groups in total. The number of hydrogen-bond acceptors (Lipinski definition) is 5. The third-order valence-electron chi connectivity index (χ3n) is 8.22. The molecule has 31 heavy (non-hydrogen) atoms. The molecule has 7 rings (SSSR count). The van der Waals surface area contributed by atoms with Crippen molar-refractivity contribution < 1.29 is 9.90 Å². The Kier molecular flexibility index (Phi) is 4.46. The van der Waals surface area contributed by atoms with E-state index in [1.54, 1.807) is 6.20 Å². The number of rotatable bonds is 4. The van der Waals surface area contributed by atoms with Crippen molar-refractivity contribution >= 4 is 5.91 Å². The highest BCUT2D eigenvalue weighted by Crippen LogP contribution is 2.62. The summed E-state index contributed by atoms with van der Waals surface area (Å²) in [5.41, 5.74) is 0.499. The molecule has 7 nitrogen and oxygen atoms in total. The number of nitrogens with zero attached hydrogens (tertiary/aromatic N) is 4. The van der Waals surface area contributed by atoms with E-state index in [-0.39, 0.29) is 17.4 Å². The Morgan fingerprint density at radius 1 is 1.19 bits per heavy atom. The summed E-state index contributed by atoms with van der Waals surface area (Å²) in [6.45, 7) is 0.798. The zero-order valence-corrected chi connectivity index (χ0v) is 18.0. The predicted octanol–water partition coefficient (Wildman–Crippen LogP) is 2.88. The van der Waals surface area contributed by atoms with E-state index in [0.29, 0.717) is 18.3 Å². The molecule has 2 aromatic heterocycles. The molecule has 5 aliphatic rings. The largest absolute Gasteiger partial charge is 0.390 e. The van der Waals surface area contributed by atoms with E-state index in [1.165, 1.54) is 6.42 Å². The molecule has 0 radical (unpaired) electrons. The van der Waals surface area contributed by atoms with E-state index in [0.717, 1.165) is 75.1 Å². The van der Waals surface area contributed by atoms with Gasteiger partial charge in [0.25, 0.3) is 0 Å². The summed E-state index contributed by atoms with van der Waals surface area (Å²) in [6, 6.07) is 4.08. The van der Waals surface area contributed by atoms with Gasteiger partial charge in [-0.05, 0) is 80.8 Å². The molecule has 7 heteroatoms. The Bertz CT molecular complexity index is 973. The lowest BCUT2D eigenvalue weighted by atomic mass is 9.47. The first-order chi connectivity index (χ1) is 15.0. The lowest BCUT2D eigenvalue weighted by molar-refractivity contribution is -0.169. The molecule has 4 bridgehead atoms. The Morgan fingerprint density at radius 2 is 2.03 bits per heavy atom. The Hall–Kier alpha value is -2.28. The summed E-state index contributed by atoms with van der Waals surface area (Å²) in [7, 11) is 0. The van der Waals surface area contributed by atoms with Crippen LogP contribution in [0.4, 0.5) is 0 Å². The third-order valence-corrected chi connectivity index (χ3v) is 8.22. The molecule has 164 valence electrons. The van der Waals surface area contributed by atoms with Gasteiger partial charge in [-0.25, -0.2) is 0 Å². The van der Waals surface area contributed by atoms with Gasteiger partial charge in [-0.3, -0.25) is 9.78 Å². The molecule has 0 aromatic carbocycles. The van der Waals surface area contributed by atoms with Crippen molar-refractivity contribution in [1.29, 1.82) is 0 Å². The van der Waals surface area contributed by atoms with Crippen LogP contribution in [0.3, 0.4) is 0 Å². The van der Waals surface area contributed by atoms with Crippen LogP contribution in [-0.2, 0) is 17.8 Å². The molecular formula is C24H31N5O2. The molecule has 1 aliphatic heterocycles. The van der Waals surface area contributed by atoms with Crippen LogP contribution in [0.5, 0.6) is 0 Å². The maximum atomic E-state index is 13.1. The first-order valence-corrected chi connectivity index (χ1v) is 11.8. The van der Waals surface area contributed by atoms with Gasteiger partial charge in [-0.2, -0.15) is 0 Å². The van der Waals surface area contributed by atoms with Crippen LogP contribution in [0, 0.1) is 17.3 Å². The Balaban J connectivity index is 1.11. The zero-order chi connectivity index (χ0) is 21.1. The average molecular weight is 422 g/mol. The Morgan fingerprint density at radius 3 is 2.77 bits per heavy atom. The van der Waals surface area contributed by atoms with Crippen LogP contribution < -0.4 is 5.32 Å². The molecule has 4 aliphatic carbocycles. The molecule has 2 aromatic rings. The standard InChI is InChI=1S/C24H31N5O2/c30-21(13-23-9-16-8-17(10-23)12-24(31,11-16)15-23)26-19-3-4-20-27-28-22(29(20)7-5-19)18-2-1-6-25-14-18/h1-2,6,14,16-17,19,31H,3-5,7-13,15H2,(H,26,30). The van der Waals surface area contributed by atoms with Gasteiger partial charge in [0.1, 0.15) is 5.82 Å².